The molecule has 0 atom stereocenters. The molecule has 0 aliphatic carbocycles. The quantitative estimate of drug-likeness (QED) is 0.432. The second-order valence-corrected chi connectivity index (χ2v) is 5.01. The molecule has 0 aromatic rings. The van der Waals surface area contributed by atoms with Crippen molar-refractivity contribution in [2.75, 3.05) is 45.6 Å². The zero-order valence-electron chi connectivity index (χ0n) is 8.79. The molecule has 0 unspecified atom stereocenters. The molecule has 0 aromatic heterocycles. The van der Waals surface area contributed by atoms with E-state index in [0.29, 0.717) is 0 Å². The van der Waals surface area contributed by atoms with Crippen LogP contribution in [0.1, 0.15) is 6.92 Å². The summed E-state index contributed by atoms with van der Waals surface area (Å²) in [6.45, 7) is 6.59. The number of ether oxygens (including phenoxy) is 1. The van der Waals surface area contributed by atoms with Gasteiger partial charge in [0.2, 0.25) is 0 Å². The summed E-state index contributed by atoms with van der Waals surface area (Å²) in [6, 6.07) is 0. The van der Waals surface area contributed by atoms with E-state index >= 15 is 0 Å². The molecule has 0 bridgehead atoms. The van der Waals surface area contributed by atoms with Crippen molar-refractivity contribution in [2.24, 2.45) is 0 Å². The number of quaternary nitrogens is 1. The molecule has 1 aliphatic rings. The maximum atomic E-state index is 10.7. The molecule has 1 heterocycles. The van der Waals surface area contributed by atoms with E-state index in [-0.39, 0.29) is 29.1 Å². The molecular formula is C9H18INO2S. The highest BCUT2D eigenvalue weighted by Gasteiger charge is 2.24. The van der Waals surface area contributed by atoms with Crippen LogP contribution in [0.2, 0.25) is 0 Å². The summed E-state index contributed by atoms with van der Waals surface area (Å²) in [4.78, 5) is 10.7. The van der Waals surface area contributed by atoms with Crippen LogP contribution < -0.4 is 24.0 Å². The largest absolute Gasteiger partial charge is 1.00 e. The normalized spacial score (nSPS) is 19.9. The third-order valence-electron chi connectivity index (χ3n) is 2.49. The number of halogens is 1. The lowest BCUT2D eigenvalue weighted by atomic mass is 10.3. The number of rotatable bonds is 3. The highest BCUT2D eigenvalue weighted by atomic mass is 127. The van der Waals surface area contributed by atoms with Crippen LogP contribution in [-0.2, 0) is 9.53 Å². The number of hydrogen-bond donors (Lipinski definition) is 0. The van der Waals surface area contributed by atoms with Crippen molar-refractivity contribution in [3.8, 4) is 0 Å². The highest BCUT2D eigenvalue weighted by Crippen LogP contribution is 2.10. The van der Waals surface area contributed by atoms with Crippen LogP contribution in [0.25, 0.3) is 0 Å². The molecule has 0 amide bonds. The fourth-order valence-corrected chi connectivity index (χ4v) is 2.24. The molecule has 0 radical (unpaired) electrons. The first-order valence-electron chi connectivity index (χ1n) is 4.67. The van der Waals surface area contributed by atoms with E-state index in [2.05, 4.69) is 7.05 Å². The van der Waals surface area contributed by atoms with E-state index in [1.165, 1.54) is 11.8 Å². The van der Waals surface area contributed by atoms with Crippen LogP contribution in [0.4, 0.5) is 0 Å². The Balaban J connectivity index is 0.00000169. The van der Waals surface area contributed by atoms with Gasteiger partial charge in [-0.25, -0.2) is 0 Å². The maximum absolute atomic E-state index is 10.7. The fraction of sp³-hybridized carbons (Fsp3) is 0.889. The molecule has 1 saturated heterocycles. The molecule has 5 heteroatoms. The lowest BCUT2D eigenvalue weighted by Crippen LogP contribution is -3.00. The Morgan fingerprint density at radius 2 is 2.00 bits per heavy atom. The summed E-state index contributed by atoms with van der Waals surface area (Å²) < 4.78 is 6.36. The number of nitrogens with zero attached hydrogens (tertiary/aromatic N) is 1. The van der Waals surface area contributed by atoms with Gasteiger partial charge in [0.25, 0.3) is 0 Å². The van der Waals surface area contributed by atoms with Gasteiger partial charge in [0, 0.05) is 6.92 Å². The summed E-state index contributed by atoms with van der Waals surface area (Å²) in [5, 5.41) is 0.222. The Morgan fingerprint density at radius 1 is 1.43 bits per heavy atom. The number of hydrogen-bond acceptors (Lipinski definition) is 3. The second-order valence-electron chi connectivity index (χ2n) is 3.74. The van der Waals surface area contributed by atoms with Crippen molar-refractivity contribution in [2.45, 2.75) is 6.92 Å². The zero-order valence-corrected chi connectivity index (χ0v) is 11.8. The van der Waals surface area contributed by atoms with Gasteiger partial charge >= 0.3 is 0 Å². The van der Waals surface area contributed by atoms with E-state index in [0.717, 1.165) is 43.1 Å². The standard InChI is InChI=1S/C9H18NO2S.HI/c1-9(11)13-8-5-10(2)3-6-12-7-4-10;/h3-8H2,1-2H3;1H/q+1;/p-1. The van der Waals surface area contributed by atoms with Gasteiger partial charge in [0.05, 0.1) is 32.6 Å². The van der Waals surface area contributed by atoms with Gasteiger partial charge in [-0.3, -0.25) is 4.79 Å². The van der Waals surface area contributed by atoms with Crippen LogP contribution in [0.3, 0.4) is 0 Å². The average molecular weight is 331 g/mol. The number of carbonyl (C=O) groups excluding carboxylic acids is 1. The van der Waals surface area contributed by atoms with Gasteiger partial charge in [0.1, 0.15) is 13.1 Å². The summed E-state index contributed by atoms with van der Waals surface area (Å²) in [7, 11) is 2.24. The maximum Gasteiger partial charge on any atom is 0.186 e. The van der Waals surface area contributed by atoms with Crippen LogP contribution in [0.15, 0.2) is 0 Å². The molecule has 0 aromatic carbocycles. The molecule has 1 rings (SSSR count). The fourth-order valence-electron chi connectivity index (χ4n) is 1.42. The van der Waals surface area contributed by atoms with Crippen molar-refractivity contribution in [3.05, 3.63) is 0 Å². The third-order valence-corrected chi connectivity index (χ3v) is 3.28. The molecule has 84 valence electrons. The Hall–Kier alpha value is 0.670. The van der Waals surface area contributed by atoms with Gasteiger partial charge in [-0.1, -0.05) is 11.8 Å². The zero-order chi connectivity index (χ0) is 9.73. The summed E-state index contributed by atoms with van der Waals surface area (Å²) in [6.07, 6.45) is 0. The minimum atomic E-state index is 0. The van der Waals surface area contributed by atoms with Crippen molar-refractivity contribution in [3.63, 3.8) is 0 Å². The number of thioether (sulfide) groups is 1. The predicted molar refractivity (Wildman–Crippen MR) is 54.7 cm³/mol. The molecule has 0 spiro atoms. The molecule has 1 aliphatic heterocycles. The van der Waals surface area contributed by atoms with Gasteiger partial charge in [0.15, 0.2) is 5.12 Å². The first-order chi connectivity index (χ1) is 6.12. The molecule has 3 nitrogen and oxygen atoms in total. The molecule has 0 saturated carbocycles. The van der Waals surface area contributed by atoms with Gasteiger partial charge in [-0.05, 0) is 0 Å². The first-order valence-corrected chi connectivity index (χ1v) is 5.66. The summed E-state index contributed by atoms with van der Waals surface area (Å²) in [5.41, 5.74) is 0. The van der Waals surface area contributed by atoms with Crippen molar-refractivity contribution in [1.82, 2.24) is 0 Å². The minimum absolute atomic E-state index is 0. The monoisotopic (exact) mass is 331 g/mol. The van der Waals surface area contributed by atoms with Crippen molar-refractivity contribution >= 4 is 16.9 Å². The Bertz CT molecular complexity index is 184. The number of likely N-dealkylation sites (N-methyl/N-ethyl adjacent to an activating group) is 1. The highest BCUT2D eigenvalue weighted by molar-refractivity contribution is 8.13. The van der Waals surface area contributed by atoms with Crippen LogP contribution in [0.5, 0.6) is 0 Å². The SMILES string of the molecule is CC(=O)SCC[N+]1(C)CCOCC1.[I-]. The lowest BCUT2D eigenvalue weighted by Gasteiger charge is -2.37. The third kappa shape index (κ3) is 5.53. The van der Waals surface area contributed by atoms with Gasteiger partial charge in [-0.2, -0.15) is 0 Å². The Kier molecular flexibility index (Phi) is 7.36. The molecule has 14 heavy (non-hydrogen) atoms. The van der Waals surface area contributed by atoms with Crippen LogP contribution >= 0.6 is 11.8 Å². The average Bonchev–Trinajstić information content (AvgIpc) is 2.04. The smallest absolute Gasteiger partial charge is 0.186 e. The Morgan fingerprint density at radius 3 is 2.50 bits per heavy atom. The van der Waals surface area contributed by atoms with Gasteiger partial charge < -0.3 is 33.2 Å². The number of carbonyl (C=O) groups is 1. The Labute approximate surface area is 107 Å². The van der Waals surface area contributed by atoms with Crippen LogP contribution in [-0.4, -0.2) is 55.2 Å². The molecule has 1 fully saturated rings. The minimum Gasteiger partial charge on any atom is -1.00 e. The van der Waals surface area contributed by atoms with E-state index in [4.69, 9.17) is 4.74 Å². The molecular weight excluding hydrogens is 313 g/mol. The van der Waals surface area contributed by atoms with Crippen LogP contribution in [0, 0.1) is 0 Å². The van der Waals surface area contributed by atoms with E-state index < -0.39 is 0 Å². The van der Waals surface area contributed by atoms with E-state index in [1.807, 2.05) is 0 Å². The van der Waals surface area contributed by atoms with E-state index in [1.54, 1.807) is 6.92 Å². The molecule has 0 N–H and O–H groups in total. The van der Waals surface area contributed by atoms with E-state index in [9.17, 15) is 4.79 Å². The van der Waals surface area contributed by atoms with Gasteiger partial charge in [-0.15, -0.1) is 0 Å². The summed E-state index contributed by atoms with van der Waals surface area (Å²) >= 11 is 1.43. The summed E-state index contributed by atoms with van der Waals surface area (Å²) in [5.74, 6) is 0.936. The predicted octanol–water partition coefficient (Wildman–Crippen LogP) is -2.25. The first kappa shape index (κ1) is 14.7. The second kappa shape index (κ2) is 7.03. The van der Waals surface area contributed by atoms with Crippen molar-refractivity contribution < 1.29 is 38.0 Å². The topological polar surface area (TPSA) is 26.3 Å². The number of morpholine rings is 1. The van der Waals surface area contributed by atoms with Crippen molar-refractivity contribution in [1.29, 1.82) is 0 Å². The lowest BCUT2D eigenvalue weighted by molar-refractivity contribution is -0.914.